The molecule has 0 aromatic carbocycles. The summed E-state index contributed by atoms with van der Waals surface area (Å²) in [6.07, 6.45) is 3.76. The van der Waals surface area contributed by atoms with Crippen LogP contribution in [0.4, 0.5) is 0 Å². The third-order valence-corrected chi connectivity index (χ3v) is 3.89. The smallest absolute Gasteiger partial charge is 0.0944 e. The molecule has 2 aromatic heterocycles. The Hall–Kier alpha value is -1.20. The maximum atomic E-state index is 4.60. The first-order chi connectivity index (χ1) is 8.78. The van der Waals surface area contributed by atoms with Crippen LogP contribution in [0.5, 0.6) is 0 Å². The number of thiazole rings is 1. The van der Waals surface area contributed by atoms with Gasteiger partial charge >= 0.3 is 0 Å². The summed E-state index contributed by atoms with van der Waals surface area (Å²) in [6.45, 7) is 5.18. The fourth-order valence-electron chi connectivity index (χ4n) is 2.08. The molecule has 1 N–H and O–H groups in total. The zero-order chi connectivity index (χ0) is 13.0. The van der Waals surface area contributed by atoms with Gasteiger partial charge in [-0.1, -0.05) is 6.92 Å². The normalized spacial score (nSPS) is 12.8. The molecule has 18 heavy (non-hydrogen) atoms. The van der Waals surface area contributed by atoms with E-state index in [2.05, 4.69) is 40.0 Å². The van der Waals surface area contributed by atoms with E-state index >= 15 is 0 Å². The van der Waals surface area contributed by atoms with Crippen molar-refractivity contribution in [1.29, 1.82) is 0 Å². The minimum atomic E-state index is 0.281. The van der Waals surface area contributed by atoms with Gasteiger partial charge in [-0.2, -0.15) is 5.10 Å². The van der Waals surface area contributed by atoms with Gasteiger partial charge < -0.3 is 5.32 Å². The molecule has 0 radical (unpaired) electrons. The standard InChI is InChI=1S/C13H20N4S/c1-4-10-8-12(17(5-2)16-10)11(14-3)9-13-15-6-7-18-13/h6-8,11,14H,4-5,9H2,1-3H3. The number of aryl methyl sites for hydroxylation is 2. The largest absolute Gasteiger partial charge is 0.311 e. The summed E-state index contributed by atoms with van der Waals surface area (Å²) in [6, 6.07) is 2.49. The summed E-state index contributed by atoms with van der Waals surface area (Å²) in [7, 11) is 2.00. The van der Waals surface area contributed by atoms with Gasteiger partial charge in [0.2, 0.25) is 0 Å². The van der Waals surface area contributed by atoms with Gasteiger partial charge in [-0.25, -0.2) is 4.98 Å². The summed E-state index contributed by atoms with van der Waals surface area (Å²) in [4.78, 5) is 4.36. The zero-order valence-corrected chi connectivity index (χ0v) is 12.0. The number of nitrogens with one attached hydrogen (secondary N) is 1. The molecule has 98 valence electrons. The molecule has 2 heterocycles. The Kier molecular flexibility index (Phi) is 4.49. The van der Waals surface area contributed by atoms with Crippen LogP contribution in [-0.4, -0.2) is 21.8 Å². The Morgan fingerprint density at radius 3 is 2.83 bits per heavy atom. The quantitative estimate of drug-likeness (QED) is 0.871. The molecule has 4 nitrogen and oxygen atoms in total. The maximum Gasteiger partial charge on any atom is 0.0944 e. The van der Waals surface area contributed by atoms with Crippen molar-refractivity contribution in [3.05, 3.63) is 34.0 Å². The Morgan fingerprint density at radius 2 is 2.28 bits per heavy atom. The van der Waals surface area contributed by atoms with Crippen molar-refractivity contribution in [2.24, 2.45) is 0 Å². The van der Waals surface area contributed by atoms with Crippen LogP contribution in [0.1, 0.15) is 36.3 Å². The lowest BCUT2D eigenvalue weighted by Crippen LogP contribution is -2.22. The van der Waals surface area contributed by atoms with Crippen LogP contribution in [0.2, 0.25) is 0 Å². The molecule has 0 bridgehead atoms. The van der Waals surface area contributed by atoms with Crippen molar-refractivity contribution < 1.29 is 0 Å². The summed E-state index contributed by atoms with van der Waals surface area (Å²) >= 11 is 1.71. The van der Waals surface area contributed by atoms with E-state index in [1.165, 1.54) is 5.69 Å². The SMILES string of the molecule is CCc1cc(C(Cc2nccs2)NC)n(CC)n1. The molecule has 1 atom stereocenters. The number of aromatic nitrogens is 3. The number of hydrogen-bond donors (Lipinski definition) is 1. The second kappa shape index (κ2) is 6.11. The molecule has 0 saturated heterocycles. The summed E-state index contributed by atoms with van der Waals surface area (Å²) in [5, 5.41) is 11.2. The molecule has 1 unspecified atom stereocenters. The van der Waals surface area contributed by atoms with Gasteiger partial charge in [0.15, 0.2) is 0 Å². The monoisotopic (exact) mass is 264 g/mol. The van der Waals surface area contributed by atoms with E-state index in [0.29, 0.717) is 0 Å². The molecule has 0 aliphatic carbocycles. The van der Waals surface area contributed by atoms with Crippen LogP contribution in [0.25, 0.3) is 0 Å². The van der Waals surface area contributed by atoms with Crippen LogP contribution in [0.3, 0.4) is 0 Å². The Morgan fingerprint density at radius 1 is 1.44 bits per heavy atom. The first-order valence-electron chi connectivity index (χ1n) is 6.40. The Bertz CT molecular complexity index is 475. The minimum absolute atomic E-state index is 0.281. The topological polar surface area (TPSA) is 42.7 Å². The third kappa shape index (κ3) is 2.79. The Labute approximate surface area is 112 Å². The highest BCUT2D eigenvalue weighted by Crippen LogP contribution is 2.20. The molecule has 2 aromatic rings. The van der Waals surface area contributed by atoms with Gasteiger partial charge in [-0.3, -0.25) is 4.68 Å². The average molecular weight is 264 g/mol. The van der Waals surface area contributed by atoms with E-state index in [-0.39, 0.29) is 6.04 Å². The summed E-state index contributed by atoms with van der Waals surface area (Å²) < 4.78 is 2.09. The van der Waals surface area contributed by atoms with E-state index < -0.39 is 0 Å². The fraction of sp³-hybridized carbons (Fsp3) is 0.538. The molecular formula is C13H20N4S. The highest BCUT2D eigenvalue weighted by molar-refractivity contribution is 7.09. The third-order valence-electron chi connectivity index (χ3n) is 3.09. The molecule has 2 rings (SSSR count). The van der Waals surface area contributed by atoms with Crippen molar-refractivity contribution >= 4 is 11.3 Å². The second-order valence-electron chi connectivity index (χ2n) is 4.20. The minimum Gasteiger partial charge on any atom is -0.311 e. The molecule has 0 amide bonds. The highest BCUT2D eigenvalue weighted by Gasteiger charge is 2.17. The van der Waals surface area contributed by atoms with Gasteiger partial charge in [-0.05, 0) is 26.5 Å². The van der Waals surface area contributed by atoms with Crippen LogP contribution in [0.15, 0.2) is 17.6 Å². The van der Waals surface area contributed by atoms with Crippen LogP contribution < -0.4 is 5.32 Å². The lowest BCUT2D eigenvalue weighted by Gasteiger charge is -2.16. The van der Waals surface area contributed by atoms with E-state index in [1.54, 1.807) is 11.3 Å². The molecule has 0 aliphatic rings. The molecule has 0 spiro atoms. The van der Waals surface area contributed by atoms with E-state index in [4.69, 9.17) is 0 Å². The van der Waals surface area contributed by atoms with Gasteiger partial charge in [0.25, 0.3) is 0 Å². The fourth-order valence-corrected chi connectivity index (χ4v) is 2.74. The van der Waals surface area contributed by atoms with Gasteiger partial charge in [0.05, 0.1) is 22.4 Å². The predicted octanol–water partition coefficient (Wildman–Crippen LogP) is 2.43. The molecule has 5 heteroatoms. The number of rotatable bonds is 6. The molecular weight excluding hydrogens is 244 g/mol. The maximum absolute atomic E-state index is 4.60. The lowest BCUT2D eigenvalue weighted by atomic mass is 10.1. The van der Waals surface area contributed by atoms with Gasteiger partial charge in [-0.15, -0.1) is 11.3 Å². The lowest BCUT2D eigenvalue weighted by molar-refractivity contribution is 0.511. The molecule has 0 saturated carbocycles. The molecule has 0 aliphatic heterocycles. The highest BCUT2D eigenvalue weighted by atomic mass is 32.1. The van der Waals surface area contributed by atoms with Crippen LogP contribution in [-0.2, 0) is 19.4 Å². The van der Waals surface area contributed by atoms with Crippen LogP contribution >= 0.6 is 11.3 Å². The number of nitrogens with zero attached hydrogens (tertiary/aromatic N) is 3. The first kappa shape index (κ1) is 13.2. The van der Waals surface area contributed by atoms with E-state index in [9.17, 15) is 0 Å². The zero-order valence-electron chi connectivity index (χ0n) is 11.2. The predicted molar refractivity (Wildman–Crippen MR) is 74.9 cm³/mol. The second-order valence-corrected chi connectivity index (χ2v) is 5.18. The number of likely N-dealkylation sites (N-methyl/N-ethyl adjacent to an activating group) is 1. The van der Waals surface area contributed by atoms with Crippen molar-refractivity contribution in [2.75, 3.05) is 7.05 Å². The van der Waals surface area contributed by atoms with Crippen molar-refractivity contribution in [2.45, 2.75) is 39.3 Å². The summed E-state index contributed by atoms with van der Waals surface area (Å²) in [5.41, 5.74) is 2.42. The van der Waals surface area contributed by atoms with Gasteiger partial charge in [0.1, 0.15) is 0 Å². The van der Waals surface area contributed by atoms with Crippen molar-refractivity contribution in [1.82, 2.24) is 20.1 Å². The first-order valence-corrected chi connectivity index (χ1v) is 7.28. The summed E-state index contributed by atoms with van der Waals surface area (Å²) in [5.74, 6) is 0. The van der Waals surface area contributed by atoms with Crippen molar-refractivity contribution in [3.8, 4) is 0 Å². The Balaban J connectivity index is 2.23. The van der Waals surface area contributed by atoms with Crippen LogP contribution in [0, 0.1) is 0 Å². The average Bonchev–Trinajstić information content (AvgIpc) is 3.04. The molecule has 0 fully saturated rings. The van der Waals surface area contributed by atoms with E-state index in [0.717, 1.165) is 30.1 Å². The van der Waals surface area contributed by atoms with E-state index in [1.807, 2.05) is 18.6 Å². The van der Waals surface area contributed by atoms with Crippen molar-refractivity contribution in [3.63, 3.8) is 0 Å². The van der Waals surface area contributed by atoms with Gasteiger partial charge in [0, 0.05) is 24.5 Å². The number of hydrogen-bond acceptors (Lipinski definition) is 4.